The molecule has 2 N–H and O–H groups in total. The van der Waals surface area contributed by atoms with Gasteiger partial charge < -0.3 is 10.6 Å². The zero-order valence-electron chi connectivity index (χ0n) is 9.14. The maximum absolute atomic E-state index is 11.2. The molecule has 82 valence electrons. The molecule has 0 aromatic rings. The Morgan fingerprint density at radius 1 is 1.50 bits per heavy atom. The molecule has 1 atom stereocenters. The number of hydrogen-bond donors (Lipinski definition) is 2. The fourth-order valence-corrected chi connectivity index (χ4v) is 1.83. The molecule has 0 aromatic carbocycles. The molecule has 0 radical (unpaired) electrons. The summed E-state index contributed by atoms with van der Waals surface area (Å²) in [4.78, 5) is 11.2. The van der Waals surface area contributed by atoms with Crippen molar-refractivity contribution in [3.8, 4) is 0 Å². The monoisotopic (exact) mass is 198 g/mol. The third-order valence-electron chi connectivity index (χ3n) is 2.70. The molecule has 1 rings (SSSR count). The molecule has 0 aromatic heterocycles. The minimum absolute atomic E-state index is 0.204. The molecule has 1 amide bonds. The zero-order valence-corrected chi connectivity index (χ0v) is 9.14. The van der Waals surface area contributed by atoms with Gasteiger partial charge in [-0.1, -0.05) is 19.8 Å². The van der Waals surface area contributed by atoms with Gasteiger partial charge in [-0.3, -0.25) is 4.79 Å². The largest absolute Gasteiger partial charge is 0.356 e. The van der Waals surface area contributed by atoms with Crippen molar-refractivity contribution in [2.45, 2.75) is 51.5 Å². The summed E-state index contributed by atoms with van der Waals surface area (Å²) in [6.07, 6.45) is 6.67. The van der Waals surface area contributed by atoms with Crippen LogP contribution in [-0.4, -0.2) is 25.0 Å². The van der Waals surface area contributed by atoms with Gasteiger partial charge in [-0.15, -0.1) is 0 Å². The van der Waals surface area contributed by atoms with Crippen molar-refractivity contribution in [1.82, 2.24) is 10.6 Å². The first-order valence-corrected chi connectivity index (χ1v) is 5.83. The number of amides is 1. The zero-order chi connectivity index (χ0) is 10.2. The minimum atomic E-state index is 0.204. The lowest BCUT2D eigenvalue weighted by Gasteiger charge is -2.14. The number of carbonyl (C=O) groups excluding carboxylic acids is 1. The Morgan fingerprint density at radius 2 is 2.36 bits per heavy atom. The molecule has 3 nitrogen and oxygen atoms in total. The van der Waals surface area contributed by atoms with Crippen LogP contribution in [-0.2, 0) is 4.79 Å². The third-order valence-corrected chi connectivity index (χ3v) is 2.70. The van der Waals surface area contributed by atoms with Crippen LogP contribution >= 0.6 is 0 Å². The first-order valence-electron chi connectivity index (χ1n) is 5.83. The van der Waals surface area contributed by atoms with Gasteiger partial charge in [0.2, 0.25) is 5.91 Å². The average molecular weight is 198 g/mol. The van der Waals surface area contributed by atoms with Gasteiger partial charge in [0, 0.05) is 19.0 Å². The molecule has 0 bridgehead atoms. The van der Waals surface area contributed by atoms with E-state index in [1.54, 1.807) is 0 Å². The lowest BCUT2D eigenvalue weighted by molar-refractivity contribution is -0.121. The highest BCUT2D eigenvalue weighted by Gasteiger charge is 2.15. The predicted molar refractivity (Wildman–Crippen MR) is 58.2 cm³/mol. The molecule has 1 saturated heterocycles. The number of unbranched alkanes of at least 4 members (excludes halogenated alkanes) is 2. The molecule has 1 heterocycles. The summed E-state index contributed by atoms with van der Waals surface area (Å²) < 4.78 is 0. The number of carbonyl (C=O) groups is 1. The van der Waals surface area contributed by atoms with Crippen LogP contribution in [0.1, 0.15) is 45.4 Å². The van der Waals surface area contributed by atoms with Gasteiger partial charge in [-0.05, 0) is 25.8 Å². The molecule has 3 heteroatoms. The smallest absolute Gasteiger partial charge is 0.221 e. The van der Waals surface area contributed by atoms with Crippen molar-refractivity contribution in [2.24, 2.45) is 0 Å². The summed E-state index contributed by atoms with van der Waals surface area (Å²) in [6.45, 7) is 4.12. The first kappa shape index (κ1) is 11.5. The van der Waals surface area contributed by atoms with Gasteiger partial charge in [-0.2, -0.15) is 0 Å². The van der Waals surface area contributed by atoms with Crippen LogP contribution in [0.3, 0.4) is 0 Å². The second kappa shape index (κ2) is 6.82. The predicted octanol–water partition coefficient (Wildman–Crippen LogP) is 1.43. The molecule has 1 unspecified atom stereocenters. The minimum Gasteiger partial charge on any atom is -0.356 e. The van der Waals surface area contributed by atoms with Gasteiger partial charge in [0.25, 0.3) is 0 Å². The van der Waals surface area contributed by atoms with Gasteiger partial charge >= 0.3 is 0 Å². The summed E-state index contributed by atoms with van der Waals surface area (Å²) in [7, 11) is 0. The summed E-state index contributed by atoms with van der Waals surface area (Å²) in [5, 5.41) is 6.36. The van der Waals surface area contributed by atoms with E-state index in [4.69, 9.17) is 0 Å². The Labute approximate surface area is 86.6 Å². The lowest BCUT2D eigenvalue weighted by atomic mass is 10.1. The SMILES string of the molecule is CCCCCNC1CCCNC(=O)C1. The van der Waals surface area contributed by atoms with E-state index in [2.05, 4.69) is 17.6 Å². The highest BCUT2D eigenvalue weighted by Crippen LogP contribution is 2.06. The van der Waals surface area contributed by atoms with Crippen LogP contribution in [0.5, 0.6) is 0 Å². The molecular formula is C11H22N2O. The van der Waals surface area contributed by atoms with Gasteiger partial charge in [0.15, 0.2) is 0 Å². The maximum Gasteiger partial charge on any atom is 0.221 e. The van der Waals surface area contributed by atoms with Crippen molar-refractivity contribution in [2.75, 3.05) is 13.1 Å². The standard InChI is InChI=1S/C11H22N2O/c1-2-3-4-7-12-10-6-5-8-13-11(14)9-10/h10,12H,2-9H2,1H3,(H,13,14). The van der Waals surface area contributed by atoms with E-state index in [1.165, 1.54) is 19.3 Å². The number of nitrogens with one attached hydrogen (secondary N) is 2. The first-order chi connectivity index (χ1) is 6.83. The van der Waals surface area contributed by atoms with E-state index in [0.717, 1.165) is 25.9 Å². The van der Waals surface area contributed by atoms with Crippen LogP contribution in [0.25, 0.3) is 0 Å². The Bertz CT molecular complexity index is 171. The summed E-state index contributed by atoms with van der Waals surface area (Å²) in [6, 6.07) is 0.411. The van der Waals surface area contributed by atoms with Crippen molar-refractivity contribution in [1.29, 1.82) is 0 Å². The highest BCUT2D eigenvalue weighted by atomic mass is 16.1. The van der Waals surface area contributed by atoms with E-state index < -0.39 is 0 Å². The normalized spacial score (nSPS) is 22.9. The van der Waals surface area contributed by atoms with E-state index >= 15 is 0 Å². The van der Waals surface area contributed by atoms with E-state index in [-0.39, 0.29) is 5.91 Å². The van der Waals surface area contributed by atoms with Crippen LogP contribution in [0, 0.1) is 0 Å². The third kappa shape index (κ3) is 4.61. The van der Waals surface area contributed by atoms with Gasteiger partial charge in [0.1, 0.15) is 0 Å². The lowest BCUT2D eigenvalue weighted by Crippen LogP contribution is -2.33. The fraction of sp³-hybridized carbons (Fsp3) is 0.909. The van der Waals surface area contributed by atoms with E-state index in [1.807, 2.05) is 0 Å². The van der Waals surface area contributed by atoms with Crippen LogP contribution in [0.4, 0.5) is 0 Å². The second-order valence-corrected chi connectivity index (χ2v) is 4.05. The Morgan fingerprint density at radius 3 is 3.14 bits per heavy atom. The number of hydrogen-bond acceptors (Lipinski definition) is 2. The maximum atomic E-state index is 11.2. The second-order valence-electron chi connectivity index (χ2n) is 4.05. The molecular weight excluding hydrogens is 176 g/mol. The average Bonchev–Trinajstić information content (AvgIpc) is 2.38. The van der Waals surface area contributed by atoms with Gasteiger partial charge in [0.05, 0.1) is 0 Å². The molecule has 0 aliphatic carbocycles. The van der Waals surface area contributed by atoms with Crippen molar-refractivity contribution >= 4 is 5.91 Å². The summed E-state index contributed by atoms with van der Waals surface area (Å²) in [5.41, 5.74) is 0. The Kier molecular flexibility index (Phi) is 5.60. The van der Waals surface area contributed by atoms with Crippen molar-refractivity contribution in [3.63, 3.8) is 0 Å². The molecule has 14 heavy (non-hydrogen) atoms. The molecule has 0 spiro atoms. The van der Waals surface area contributed by atoms with Crippen LogP contribution in [0.15, 0.2) is 0 Å². The molecule has 1 aliphatic rings. The van der Waals surface area contributed by atoms with Crippen LogP contribution in [0.2, 0.25) is 0 Å². The van der Waals surface area contributed by atoms with Gasteiger partial charge in [-0.25, -0.2) is 0 Å². The highest BCUT2D eigenvalue weighted by molar-refractivity contribution is 5.76. The van der Waals surface area contributed by atoms with E-state index in [9.17, 15) is 4.79 Å². The van der Waals surface area contributed by atoms with Crippen molar-refractivity contribution < 1.29 is 4.79 Å². The molecule has 1 aliphatic heterocycles. The number of rotatable bonds is 5. The molecule has 0 saturated carbocycles. The summed E-state index contributed by atoms with van der Waals surface area (Å²) in [5.74, 6) is 0.204. The molecule has 1 fully saturated rings. The van der Waals surface area contributed by atoms with Crippen molar-refractivity contribution in [3.05, 3.63) is 0 Å². The Hall–Kier alpha value is -0.570. The fourth-order valence-electron chi connectivity index (χ4n) is 1.83. The summed E-state index contributed by atoms with van der Waals surface area (Å²) >= 11 is 0. The quantitative estimate of drug-likeness (QED) is 0.656. The van der Waals surface area contributed by atoms with E-state index in [0.29, 0.717) is 12.5 Å². The topological polar surface area (TPSA) is 41.1 Å². The Balaban J connectivity index is 2.12. The van der Waals surface area contributed by atoms with Crippen LogP contribution < -0.4 is 10.6 Å².